The highest BCUT2D eigenvalue weighted by Gasteiger charge is 2.43. The number of hydrogen-bond acceptors (Lipinski definition) is 4. The zero-order valence-corrected chi connectivity index (χ0v) is 18.5. The van der Waals surface area contributed by atoms with Gasteiger partial charge in [0, 0.05) is 32.9 Å². The van der Waals surface area contributed by atoms with Crippen LogP contribution in [0.3, 0.4) is 0 Å². The van der Waals surface area contributed by atoms with Gasteiger partial charge in [-0.25, -0.2) is 4.79 Å². The minimum absolute atomic E-state index is 0.0845. The Morgan fingerprint density at radius 2 is 2.04 bits per heavy atom. The van der Waals surface area contributed by atoms with Gasteiger partial charge in [-0.2, -0.15) is 0 Å². The maximum atomic E-state index is 13.2. The van der Waals surface area contributed by atoms with Crippen molar-refractivity contribution < 1.29 is 14.3 Å². The molecule has 0 radical (unpaired) electrons. The van der Waals surface area contributed by atoms with E-state index in [2.05, 4.69) is 47.8 Å². The molecule has 5 heteroatoms. The minimum atomic E-state index is -0.367. The first-order valence-electron chi connectivity index (χ1n) is 9.46. The van der Waals surface area contributed by atoms with Gasteiger partial charge in [0.25, 0.3) is 0 Å². The molecule has 1 aromatic carbocycles. The molecule has 2 aliphatic rings. The molecule has 0 bridgehead atoms. The lowest BCUT2D eigenvalue weighted by molar-refractivity contribution is -0.138. The van der Waals surface area contributed by atoms with Crippen LogP contribution >= 0.6 is 22.6 Å². The van der Waals surface area contributed by atoms with Crippen LogP contribution in [0, 0.1) is 8.99 Å². The Morgan fingerprint density at radius 1 is 1.30 bits per heavy atom. The second kappa shape index (κ2) is 7.78. The average Bonchev–Trinajstić information content (AvgIpc) is 2.59. The predicted octanol–water partition coefficient (Wildman–Crippen LogP) is 4.85. The van der Waals surface area contributed by atoms with Crippen LogP contribution in [0.4, 0.5) is 0 Å². The third kappa shape index (κ3) is 3.98. The first-order chi connectivity index (χ1) is 12.8. The van der Waals surface area contributed by atoms with Gasteiger partial charge in [-0.1, -0.05) is 32.9 Å². The third-order valence-corrected chi connectivity index (χ3v) is 5.83. The number of hydrogen-bond donors (Lipinski definition) is 1. The molecule has 0 amide bonds. The largest absolute Gasteiger partial charge is 0.463 e. The topological polar surface area (TPSA) is 55.4 Å². The van der Waals surface area contributed by atoms with E-state index in [0.717, 1.165) is 32.5 Å². The molecule has 27 heavy (non-hydrogen) atoms. The molecule has 0 aromatic heterocycles. The Morgan fingerprint density at radius 3 is 2.67 bits per heavy atom. The first kappa shape index (κ1) is 20.1. The monoisotopic (exact) mass is 479 g/mol. The van der Waals surface area contributed by atoms with Crippen molar-refractivity contribution >= 4 is 34.3 Å². The molecular weight excluding hydrogens is 453 g/mol. The number of carbonyl (C=O) groups excluding carboxylic acids is 2. The quantitative estimate of drug-likeness (QED) is 0.496. The Labute approximate surface area is 174 Å². The van der Waals surface area contributed by atoms with Gasteiger partial charge in [-0.05, 0) is 65.5 Å². The predicted molar refractivity (Wildman–Crippen MR) is 114 cm³/mol. The molecular formula is C22H26INO3. The molecule has 1 aromatic rings. The number of halogens is 1. The molecule has 1 aliphatic heterocycles. The number of nitrogens with one attached hydrogen (secondary N) is 1. The number of benzene rings is 1. The molecule has 0 saturated heterocycles. The summed E-state index contributed by atoms with van der Waals surface area (Å²) in [5, 5.41) is 3.43. The van der Waals surface area contributed by atoms with E-state index >= 15 is 0 Å². The number of carbonyl (C=O) groups is 2. The van der Waals surface area contributed by atoms with Gasteiger partial charge in [0.05, 0.1) is 12.2 Å². The third-order valence-electron chi connectivity index (χ3n) is 5.16. The van der Waals surface area contributed by atoms with E-state index in [0.29, 0.717) is 25.0 Å². The van der Waals surface area contributed by atoms with Crippen LogP contribution in [0.15, 0.2) is 46.8 Å². The number of rotatable bonds is 4. The SMILES string of the molecule is CCOC(=O)C1=C(CC)NC2=C(C(=O)CC(C)(C)C2)[C@@H]1c1cccc(I)c1. The second-order valence-corrected chi connectivity index (χ2v) is 9.16. The van der Waals surface area contributed by atoms with Crippen molar-refractivity contribution in [2.45, 2.75) is 52.9 Å². The van der Waals surface area contributed by atoms with E-state index in [-0.39, 0.29) is 23.1 Å². The van der Waals surface area contributed by atoms with Crippen LogP contribution in [-0.2, 0) is 14.3 Å². The molecule has 1 aliphatic carbocycles. The molecule has 0 unspecified atom stereocenters. The number of ketones is 1. The summed E-state index contributed by atoms with van der Waals surface area (Å²) in [5.74, 6) is -0.585. The van der Waals surface area contributed by atoms with Crippen molar-refractivity contribution in [1.82, 2.24) is 5.32 Å². The van der Waals surface area contributed by atoms with E-state index in [4.69, 9.17) is 4.74 Å². The maximum absolute atomic E-state index is 13.2. The van der Waals surface area contributed by atoms with Crippen molar-refractivity contribution in [2.24, 2.45) is 5.41 Å². The summed E-state index contributed by atoms with van der Waals surface area (Å²) in [4.78, 5) is 26.0. The fraction of sp³-hybridized carbons (Fsp3) is 0.455. The van der Waals surface area contributed by atoms with Crippen molar-refractivity contribution in [2.75, 3.05) is 6.61 Å². The van der Waals surface area contributed by atoms with Crippen LogP contribution in [-0.4, -0.2) is 18.4 Å². The van der Waals surface area contributed by atoms with Gasteiger partial charge in [-0.15, -0.1) is 0 Å². The summed E-state index contributed by atoms with van der Waals surface area (Å²) in [6, 6.07) is 8.05. The Bertz CT molecular complexity index is 851. The molecule has 144 valence electrons. The summed E-state index contributed by atoms with van der Waals surface area (Å²) in [6.07, 6.45) is 1.97. The van der Waals surface area contributed by atoms with E-state index in [1.807, 2.05) is 25.1 Å². The summed E-state index contributed by atoms with van der Waals surface area (Å²) in [5.41, 5.74) is 4.02. The van der Waals surface area contributed by atoms with E-state index in [9.17, 15) is 9.59 Å². The standard InChI is InChI=1S/C22H26INO3/c1-5-15-20(21(26)27-6-2)18(13-8-7-9-14(23)10-13)19-16(24-15)11-22(3,4)12-17(19)25/h7-10,18,24H,5-6,11-12H2,1-4H3/t18-/m0/s1. The maximum Gasteiger partial charge on any atom is 0.336 e. The van der Waals surface area contributed by atoms with Gasteiger partial charge < -0.3 is 10.1 Å². The second-order valence-electron chi connectivity index (χ2n) is 7.91. The van der Waals surface area contributed by atoms with Crippen LogP contribution in [0.5, 0.6) is 0 Å². The Kier molecular flexibility index (Phi) is 5.79. The molecule has 0 spiro atoms. The lowest BCUT2D eigenvalue weighted by Crippen LogP contribution is -2.39. The highest BCUT2D eigenvalue weighted by atomic mass is 127. The zero-order chi connectivity index (χ0) is 19.8. The minimum Gasteiger partial charge on any atom is -0.463 e. The number of ether oxygens (including phenoxy) is 1. The average molecular weight is 479 g/mol. The van der Waals surface area contributed by atoms with Crippen molar-refractivity contribution in [3.8, 4) is 0 Å². The number of allylic oxidation sites excluding steroid dienone is 3. The molecule has 0 saturated carbocycles. The summed E-state index contributed by atoms with van der Waals surface area (Å²) in [6.45, 7) is 8.37. The van der Waals surface area contributed by atoms with Crippen molar-refractivity contribution in [1.29, 1.82) is 0 Å². The van der Waals surface area contributed by atoms with Crippen molar-refractivity contribution in [3.05, 3.63) is 55.9 Å². The molecule has 0 fully saturated rings. The first-order valence-corrected chi connectivity index (χ1v) is 10.5. The molecule has 1 heterocycles. The normalized spacial score (nSPS) is 21.7. The lowest BCUT2D eigenvalue weighted by atomic mass is 9.68. The van der Waals surface area contributed by atoms with Gasteiger partial charge in [0.2, 0.25) is 0 Å². The fourth-order valence-corrected chi connectivity index (χ4v) is 4.66. The van der Waals surface area contributed by atoms with Crippen LogP contribution in [0.25, 0.3) is 0 Å². The van der Waals surface area contributed by atoms with Gasteiger partial charge in [0.1, 0.15) is 0 Å². The van der Waals surface area contributed by atoms with Crippen LogP contribution < -0.4 is 5.32 Å². The number of dihydropyridines is 1. The lowest BCUT2D eigenvalue weighted by Gasteiger charge is -2.40. The zero-order valence-electron chi connectivity index (χ0n) is 16.3. The highest BCUT2D eigenvalue weighted by Crippen LogP contribution is 2.47. The molecule has 1 N–H and O–H groups in total. The van der Waals surface area contributed by atoms with Gasteiger partial charge in [-0.3, -0.25) is 4.79 Å². The number of Topliss-reactive ketones (excluding diaryl/α,β-unsaturated/α-hetero) is 1. The van der Waals surface area contributed by atoms with Crippen molar-refractivity contribution in [3.63, 3.8) is 0 Å². The van der Waals surface area contributed by atoms with Gasteiger partial charge in [0.15, 0.2) is 5.78 Å². The van der Waals surface area contributed by atoms with Gasteiger partial charge >= 0.3 is 5.97 Å². The highest BCUT2D eigenvalue weighted by molar-refractivity contribution is 14.1. The molecule has 1 atom stereocenters. The van der Waals surface area contributed by atoms with Crippen LogP contribution in [0.2, 0.25) is 0 Å². The summed E-state index contributed by atoms with van der Waals surface area (Å²) >= 11 is 2.27. The Hall–Kier alpha value is -1.63. The van der Waals surface area contributed by atoms with Crippen LogP contribution in [0.1, 0.15) is 58.4 Å². The smallest absolute Gasteiger partial charge is 0.336 e. The molecule has 4 nitrogen and oxygen atoms in total. The van der Waals surface area contributed by atoms with E-state index in [1.165, 1.54) is 0 Å². The summed E-state index contributed by atoms with van der Waals surface area (Å²) in [7, 11) is 0. The number of esters is 1. The summed E-state index contributed by atoms with van der Waals surface area (Å²) < 4.78 is 6.46. The van der Waals surface area contributed by atoms with E-state index < -0.39 is 0 Å². The Balaban J connectivity index is 2.22. The molecule has 3 rings (SSSR count). The fourth-order valence-electron chi connectivity index (χ4n) is 4.10. The van der Waals surface area contributed by atoms with E-state index in [1.54, 1.807) is 6.92 Å².